The summed E-state index contributed by atoms with van der Waals surface area (Å²) in [5, 5.41) is 12.9. The molecule has 190 valence electrons. The van der Waals surface area contributed by atoms with Crippen molar-refractivity contribution in [2.24, 2.45) is 0 Å². The second-order valence-electron chi connectivity index (χ2n) is 8.72. The molecule has 4 rings (SSSR count). The van der Waals surface area contributed by atoms with Crippen molar-refractivity contribution in [1.29, 1.82) is 0 Å². The zero-order chi connectivity index (χ0) is 25.7. The maximum absolute atomic E-state index is 12.9. The smallest absolute Gasteiger partial charge is 0.294 e. The van der Waals surface area contributed by atoms with Gasteiger partial charge < -0.3 is 29.8 Å². The number of aromatic nitrogens is 2. The van der Waals surface area contributed by atoms with Crippen LogP contribution in [0.15, 0.2) is 47.3 Å². The van der Waals surface area contributed by atoms with Gasteiger partial charge in [0.05, 0.1) is 14.2 Å². The van der Waals surface area contributed by atoms with Crippen LogP contribution in [-0.4, -0.2) is 78.2 Å². The zero-order valence-electron chi connectivity index (χ0n) is 20.7. The Balaban J connectivity index is 1.49. The molecule has 3 N–H and O–H groups in total. The average Bonchev–Trinajstić information content (AvgIpc) is 2.90. The number of para-hydroxylation sites is 1. The first-order valence-corrected chi connectivity index (χ1v) is 11.7. The molecule has 1 fully saturated rings. The molecular weight excluding hydrogens is 462 g/mol. The molecule has 3 aromatic rings. The third-order valence-electron chi connectivity index (χ3n) is 6.26. The molecule has 0 radical (unpaired) electrons. The number of hydrogen-bond acceptors (Lipinski definition) is 8. The van der Waals surface area contributed by atoms with Crippen LogP contribution in [0.2, 0.25) is 0 Å². The highest BCUT2D eigenvalue weighted by Gasteiger charge is 2.20. The van der Waals surface area contributed by atoms with Crippen LogP contribution >= 0.6 is 0 Å². The summed E-state index contributed by atoms with van der Waals surface area (Å²) >= 11 is 0. The lowest BCUT2D eigenvalue weighted by molar-refractivity contribution is 0.0942. The number of aromatic hydroxyl groups is 1. The first-order valence-electron chi connectivity index (χ1n) is 11.7. The number of carbonyl (C=O) groups excluding carboxylic acids is 1. The van der Waals surface area contributed by atoms with E-state index in [1.807, 2.05) is 24.3 Å². The number of aromatic amines is 1. The SMILES string of the molecule is COc1cccc(CNC(=O)c2nc(-c3ccc(CN4CCN(C)CC4)cc3)[nH]c(=O)c2O)c1OC. The van der Waals surface area contributed by atoms with E-state index in [-0.39, 0.29) is 18.1 Å². The lowest BCUT2D eigenvalue weighted by atomic mass is 10.1. The van der Waals surface area contributed by atoms with Gasteiger partial charge in [0.25, 0.3) is 11.5 Å². The van der Waals surface area contributed by atoms with Crippen LogP contribution in [0.4, 0.5) is 0 Å². The molecule has 0 spiro atoms. The van der Waals surface area contributed by atoms with E-state index in [4.69, 9.17) is 9.47 Å². The van der Waals surface area contributed by atoms with Gasteiger partial charge in [-0.3, -0.25) is 14.5 Å². The van der Waals surface area contributed by atoms with Gasteiger partial charge in [-0.05, 0) is 18.7 Å². The van der Waals surface area contributed by atoms with Crippen LogP contribution in [0.1, 0.15) is 21.6 Å². The Morgan fingerprint density at radius 1 is 1.08 bits per heavy atom. The van der Waals surface area contributed by atoms with Crippen LogP contribution < -0.4 is 20.3 Å². The Morgan fingerprint density at radius 2 is 1.81 bits per heavy atom. The first kappa shape index (κ1) is 25.2. The summed E-state index contributed by atoms with van der Waals surface area (Å²) in [5.41, 5.74) is 1.32. The molecule has 2 heterocycles. The number of nitrogens with one attached hydrogen (secondary N) is 2. The van der Waals surface area contributed by atoms with E-state index < -0.39 is 17.2 Å². The summed E-state index contributed by atoms with van der Waals surface area (Å²) in [6.45, 7) is 5.06. The van der Waals surface area contributed by atoms with Gasteiger partial charge in [0.2, 0.25) is 5.75 Å². The number of piperazine rings is 1. The average molecular weight is 494 g/mol. The van der Waals surface area contributed by atoms with Crippen molar-refractivity contribution in [2.75, 3.05) is 47.4 Å². The fourth-order valence-corrected chi connectivity index (χ4v) is 4.15. The van der Waals surface area contributed by atoms with E-state index in [9.17, 15) is 14.7 Å². The number of hydrogen-bond donors (Lipinski definition) is 3. The lowest BCUT2D eigenvalue weighted by Crippen LogP contribution is -2.43. The largest absolute Gasteiger partial charge is 0.501 e. The standard InChI is InChI=1S/C26H31N5O5/c1-30-11-13-31(14-12-30)16-17-7-9-18(10-8-17)24-28-21(22(32)26(34)29-24)25(33)27-15-19-5-4-6-20(35-2)23(19)36-3/h4-10,32H,11-16H2,1-3H3,(H,27,33)(H,28,29,34). The molecule has 1 amide bonds. The Labute approximate surface area is 209 Å². The molecule has 1 aliphatic heterocycles. The number of methoxy groups -OCH3 is 2. The van der Waals surface area contributed by atoms with Crippen LogP contribution in [0.25, 0.3) is 11.4 Å². The van der Waals surface area contributed by atoms with Gasteiger partial charge in [-0.1, -0.05) is 36.4 Å². The maximum atomic E-state index is 12.9. The van der Waals surface area contributed by atoms with Crippen molar-refractivity contribution in [3.05, 3.63) is 69.6 Å². The maximum Gasteiger partial charge on any atom is 0.294 e. The van der Waals surface area contributed by atoms with Crippen molar-refractivity contribution in [1.82, 2.24) is 25.1 Å². The van der Waals surface area contributed by atoms with Gasteiger partial charge in [-0.2, -0.15) is 0 Å². The summed E-state index contributed by atoms with van der Waals surface area (Å²) in [4.78, 5) is 36.8. The van der Waals surface area contributed by atoms with Crippen molar-refractivity contribution in [2.45, 2.75) is 13.1 Å². The Morgan fingerprint density at radius 3 is 2.47 bits per heavy atom. The molecule has 10 nitrogen and oxygen atoms in total. The minimum atomic E-state index is -0.786. The summed E-state index contributed by atoms with van der Waals surface area (Å²) in [6.07, 6.45) is 0. The van der Waals surface area contributed by atoms with Crippen molar-refractivity contribution in [3.8, 4) is 28.6 Å². The summed E-state index contributed by atoms with van der Waals surface area (Å²) in [6, 6.07) is 13.0. The minimum absolute atomic E-state index is 0.0868. The van der Waals surface area contributed by atoms with Gasteiger partial charge in [0.15, 0.2) is 17.2 Å². The summed E-state index contributed by atoms with van der Waals surface area (Å²) in [7, 11) is 5.16. The molecule has 1 saturated heterocycles. The number of rotatable bonds is 8. The molecule has 0 atom stereocenters. The van der Waals surface area contributed by atoms with E-state index in [0.29, 0.717) is 22.6 Å². The Bertz CT molecular complexity index is 1270. The van der Waals surface area contributed by atoms with Crippen LogP contribution in [0.5, 0.6) is 17.2 Å². The highest BCUT2D eigenvalue weighted by atomic mass is 16.5. The van der Waals surface area contributed by atoms with Crippen LogP contribution in [-0.2, 0) is 13.1 Å². The van der Waals surface area contributed by atoms with Crippen molar-refractivity contribution in [3.63, 3.8) is 0 Å². The molecule has 36 heavy (non-hydrogen) atoms. The highest BCUT2D eigenvalue weighted by molar-refractivity contribution is 5.95. The molecule has 0 bridgehead atoms. The van der Waals surface area contributed by atoms with E-state index in [2.05, 4.69) is 32.1 Å². The fraction of sp³-hybridized carbons (Fsp3) is 0.346. The highest BCUT2D eigenvalue weighted by Crippen LogP contribution is 2.30. The second-order valence-corrected chi connectivity index (χ2v) is 8.72. The van der Waals surface area contributed by atoms with Gasteiger partial charge in [-0.15, -0.1) is 0 Å². The minimum Gasteiger partial charge on any atom is -0.501 e. The quantitative estimate of drug-likeness (QED) is 0.435. The Hall–Kier alpha value is -3.89. The Kier molecular flexibility index (Phi) is 7.87. The number of likely N-dealkylation sites (N-methyl/N-ethyl adjacent to an activating group) is 1. The molecule has 1 aromatic heterocycles. The second kappa shape index (κ2) is 11.2. The summed E-state index contributed by atoms with van der Waals surface area (Å²) < 4.78 is 10.7. The third-order valence-corrected chi connectivity index (χ3v) is 6.26. The van der Waals surface area contributed by atoms with Gasteiger partial charge in [0.1, 0.15) is 5.82 Å². The molecule has 0 saturated carbocycles. The number of ether oxygens (including phenoxy) is 2. The number of benzene rings is 2. The first-order chi connectivity index (χ1) is 17.4. The predicted molar refractivity (Wildman–Crippen MR) is 135 cm³/mol. The van der Waals surface area contributed by atoms with Crippen molar-refractivity contribution >= 4 is 5.91 Å². The van der Waals surface area contributed by atoms with E-state index in [1.54, 1.807) is 18.2 Å². The van der Waals surface area contributed by atoms with Crippen molar-refractivity contribution < 1.29 is 19.4 Å². The monoisotopic (exact) mass is 493 g/mol. The molecule has 1 aliphatic rings. The third kappa shape index (κ3) is 5.67. The van der Waals surface area contributed by atoms with E-state index in [1.165, 1.54) is 14.2 Å². The van der Waals surface area contributed by atoms with E-state index >= 15 is 0 Å². The van der Waals surface area contributed by atoms with Gasteiger partial charge in [-0.25, -0.2) is 4.98 Å². The van der Waals surface area contributed by atoms with Gasteiger partial charge >= 0.3 is 0 Å². The van der Waals surface area contributed by atoms with Gasteiger partial charge in [0, 0.05) is 50.4 Å². The summed E-state index contributed by atoms with van der Waals surface area (Å²) in [5.74, 6) is -0.203. The van der Waals surface area contributed by atoms with Crippen LogP contribution in [0, 0.1) is 0 Å². The number of carbonyl (C=O) groups is 1. The number of H-pyrrole nitrogens is 1. The number of amides is 1. The van der Waals surface area contributed by atoms with E-state index in [0.717, 1.165) is 38.3 Å². The molecule has 0 unspecified atom stereocenters. The zero-order valence-corrected chi connectivity index (χ0v) is 20.7. The molecule has 2 aromatic carbocycles. The fourth-order valence-electron chi connectivity index (χ4n) is 4.15. The van der Waals surface area contributed by atoms with Crippen LogP contribution in [0.3, 0.4) is 0 Å². The topological polar surface area (TPSA) is 120 Å². The molecular formula is C26H31N5O5. The molecule has 0 aliphatic carbocycles. The normalized spacial score (nSPS) is 14.4. The molecule has 10 heteroatoms. The lowest BCUT2D eigenvalue weighted by Gasteiger charge is -2.32. The predicted octanol–water partition coefficient (Wildman–Crippen LogP) is 1.84. The number of nitrogens with zero attached hydrogens (tertiary/aromatic N) is 3.